The molecule has 2 aromatic carbocycles. The summed E-state index contributed by atoms with van der Waals surface area (Å²) in [5.74, 6) is -1.06. The Labute approximate surface area is 158 Å². The molecule has 0 radical (unpaired) electrons. The van der Waals surface area contributed by atoms with Crippen molar-refractivity contribution in [2.75, 3.05) is 7.11 Å². The van der Waals surface area contributed by atoms with Gasteiger partial charge >= 0.3 is 11.6 Å². The number of para-hydroxylation sites is 1. The van der Waals surface area contributed by atoms with Crippen LogP contribution in [0.25, 0.3) is 11.0 Å². The number of carbonyl (C=O) groups is 1. The Kier molecular flexibility index (Phi) is 4.13. The van der Waals surface area contributed by atoms with Crippen LogP contribution in [0.2, 0.25) is 10.0 Å². The van der Waals surface area contributed by atoms with E-state index in [1.54, 1.807) is 42.5 Å². The number of methoxy groups -OCH3 is 1. The van der Waals surface area contributed by atoms with Gasteiger partial charge in [-0.05, 0) is 29.8 Å². The lowest BCUT2D eigenvalue weighted by molar-refractivity contribution is -0.148. The third-order valence-corrected chi connectivity index (χ3v) is 4.95. The van der Waals surface area contributed by atoms with Crippen LogP contribution in [-0.4, -0.2) is 19.2 Å². The second kappa shape index (κ2) is 6.34. The van der Waals surface area contributed by atoms with Gasteiger partial charge < -0.3 is 13.9 Å². The third-order valence-electron chi connectivity index (χ3n) is 4.39. The van der Waals surface area contributed by atoms with Crippen LogP contribution in [0.4, 0.5) is 0 Å². The molecule has 3 aromatic rings. The summed E-state index contributed by atoms with van der Waals surface area (Å²) in [6.07, 6.45) is -1.05. The van der Waals surface area contributed by atoms with E-state index in [9.17, 15) is 9.59 Å². The first-order valence-corrected chi connectivity index (χ1v) is 8.52. The summed E-state index contributed by atoms with van der Waals surface area (Å²) < 4.78 is 16.2. The van der Waals surface area contributed by atoms with Gasteiger partial charge in [0.05, 0.1) is 24.0 Å². The fourth-order valence-electron chi connectivity index (χ4n) is 3.25. The Bertz CT molecular complexity index is 1090. The molecule has 7 heteroatoms. The zero-order valence-corrected chi connectivity index (χ0v) is 15.0. The van der Waals surface area contributed by atoms with E-state index in [-0.39, 0.29) is 5.56 Å². The zero-order valence-electron chi connectivity index (χ0n) is 13.5. The summed E-state index contributed by atoms with van der Waals surface area (Å²) in [6.45, 7) is 0. The lowest BCUT2D eigenvalue weighted by Crippen LogP contribution is -2.32. The Morgan fingerprint density at radius 1 is 1.15 bits per heavy atom. The average molecular weight is 391 g/mol. The monoisotopic (exact) mass is 390 g/mol. The second-order valence-electron chi connectivity index (χ2n) is 5.83. The molecule has 5 nitrogen and oxygen atoms in total. The fourth-order valence-corrected chi connectivity index (χ4v) is 3.78. The summed E-state index contributed by atoms with van der Waals surface area (Å²) in [5.41, 5.74) is 0.569. The normalized spacial score (nSPS) is 18.4. The number of rotatable bonds is 2. The van der Waals surface area contributed by atoms with Crippen LogP contribution in [0.3, 0.4) is 0 Å². The minimum Gasteiger partial charge on any atom is -0.476 e. The first-order chi connectivity index (χ1) is 12.5. The summed E-state index contributed by atoms with van der Waals surface area (Å²) in [6, 6.07) is 11.8. The van der Waals surface area contributed by atoms with E-state index in [2.05, 4.69) is 0 Å². The van der Waals surface area contributed by atoms with Crippen LogP contribution in [0, 0.1) is 0 Å². The highest BCUT2D eigenvalue weighted by atomic mass is 35.5. The predicted molar refractivity (Wildman–Crippen MR) is 97.2 cm³/mol. The number of ether oxygens (including phenoxy) is 2. The van der Waals surface area contributed by atoms with E-state index >= 15 is 0 Å². The van der Waals surface area contributed by atoms with E-state index in [0.29, 0.717) is 32.3 Å². The van der Waals surface area contributed by atoms with Gasteiger partial charge in [0.1, 0.15) is 11.3 Å². The Morgan fingerprint density at radius 3 is 2.65 bits per heavy atom. The number of benzene rings is 2. The average Bonchev–Trinajstić information content (AvgIpc) is 3.02. The molecule has 0 N–H and O–H groups in total. The molecule has 0 bridgehead atoms. The number of esters is 1. The van der Waals surface area contributed by atoms with Crippen molar-refractivity contribution in [2.45, 2.75) is 12.0 Å². The van der Waals surface area contributed by atoms with E-state index in [1.165, 1.54) is 7.11 Å². The molecule has 26 heavy (non-hydrogen) atoms. The lowest BCUT2D eigenvalue weighted by Gasteiger charge is -2.18. The van der Waals surface area contributed by atoms with Crippen molar-refractivity contribution in [3.8, 4) is 5.75 Å². The number of carbonyl (C=O) groups excluding carboxylic acids is 1. The van der Waals surface area contributed by atoms with Crippen molar-refractivity contribution in [2.24, 2.45) is 0 Å². The molecule has 2 heterocycles. The zero-order chi connectivity index (χ0) is 18.4. The van der Waals surface area contributed by atoms with Gasteiger partial charge in [0, 0.05) is 10.0 Å². The lowest BCUT2D eigenvalue weighted by atomic mass is 9.88. The number of halogens is 2. The van der Waals surface area contributed by atoms with Crippen molar-refractivity contribution >= 4 is 40.1 Å². The molecule has 1 aliphatic rings. The van der Waals surface area contributed by atoms with Gasteiger partial charge in [-0.25, -0.2) is 9.59 Å². The van der Waals surface area contributed by atoms with Gasteiger partial charge in [0.15, 0.2) is 0 Å². The van der Waals surface area contributed by atoms with Crippen LogP contribution in [0.5, 0.6) is 5.75 Å². The molecular weight excluding hydrogens is 379 g/mol. The molecule has 0 spiro atoms. The fraction of sp³-hybridized carbons (Fsp3) is 0.158. The largest absolute Gasteiger partial charge is 0.476 e. The molecule has 132 valence electrons. The van der Waals surface area contributed by atoms with Crippen LogP contribution < -0.4 is 10.4 Å². The SMILES string of the molecule is COC(=O)[C@@H]1Oc2c(c(=O)oc3ccccc23)[C@H]1c1ccc(Cl)cc1Cl. The molecule has 0 fully saturated rings. The molecule has 0 aliphatic carbocycles. The Balaban J connectivity index is 2.01. The second-order valence-corrected chi connectivity index (χ2v) is 6.68. The Hall–Kier alpha value is -2.50. The number of hydrogen-bond donors (Lipinski definition) is 0. The smallest absolute Gasteiger partial charge is 0.348 e. The maximum absolute atomic E-state index is 12.7. The topological polar surface area (TPSA) is 65.7 Å². The van der Waals surface area contributed by atoms with Crippen molar-refractivity contribution < 1.29 is 18.7 Å². The quantitative estimate of drug-likeness (QED) is 0.485. The number of hydrogen-bond acceptors (Lipinski definition) is 5. The molecule has 0 amide bonds. The molecule has 1 aliphatic heterocycles. The minimum atomic E-state index is -1.05. The van der Waals surface area contributed by atoms with E-state index in [1.807, 2.05) is 0 Å². The highest BCUT2D eigenvalue weighted by Gasteiger charge is 2.45. The van der Waals surface area contributed by atoms with Crippen molar-refractivity contribution in [3.05, 3.63) is 74.1 Å². The van der Waals surface area contributed by atoms with Gasteiger partial charge in [-0.15, -0.1) is 0 Å². The van der Waals surface area contributed by atoms with Crippen molar-refractivity contribution in [1.82, 2.24) is 0 Å². The van der Waals surface area contributed by atoms with Crippen LogP contribution >= 0.6 is 23.2 Å². The van der Waals surface area contributed by atoms with Gasteiger partial charge in [0.25, 0.3) is 0 Å². The third kappa shape index (κ3) is 2.55. The van der Waals surface area contributed by atoms with Crippen LogP contribution in [-0.2, 0) is 9.53 Å². The minimum absolute atomic E-state index is 0.239. The summed E-state index contributed by atoms with van der Waals surface area (Å²) >= 11 is 12.3. The van der Waals surface area contributed by atoms with Gasteiger partial charge in [0.2, 0.25) is 6.10 Å². The molecule has 0 saturated heterocycles. The number of fused-ring (bicyclic) bond motifs is 3. The van der Waals surface area contributed by atoms with Crippen molar-refractivity contribution in [1.29, 1.82) is 0 Å². The summed E-state index contributed by atoms with van der Waals surface area (Å²) in [7, 11) is 1.26. The van der Waals surface area contributed by atoms with Crippen LogP contribution in [0.1, 0.15) is 17.0 Å². The van der Waals surface area contributed by atoms with Gasteiger partial charge in [-0.3, -0.25) is 0 Å². The van der Waals surface area contributed by atoms with E-state index in [4.69, 9.17) is 37.1 Å². The first kappa shape index (κ1) is 16.9. The molecular formula is C19H12Cl2O5. The molecule has 0 unspecified atom stereocenters. The van der Waals surface area contributed by atoms with E-state index in [0.717, 1.165) is 0 Å². The summed E-state index contributed by atoms with van der Waals surface area (Å²) in [4.78, 5) is 25.0. The molecule has 2 atom stereocenters. The maximum atomic E-state index is 12.7. The van der Waals surface area contributed by atoms with Gasteiger partial charge in [-0.2, -0.15) is 0 Å². The predicted octanol–water partition coefficient (Wildman–Crippen LogP) is 4.17. The van der Waals surface area contributed by atoms with Gasteiger partial charge in [-0.1, -0.05) is 41.4 Å². The Morgan fingerprint density at radius 2 is 1.92 bits per heavy atom. The highest BCUT2D eigenvalue weighted by Crippen LogP contribution is 2.46. The van der Waals surface area contributed by atoms with Crippen molar-refractivity contribution in [3.63, 3.8) is 0 Å². The molecule has 4 rings (SSSR count). The first-order valence-electron chi connectivity index (χ1n) is 7.76. The molecule has 1 aromatic heterocycles. The standard InChI is InChI=1S/C19H12Cl2O5/c1-24-19(23)17-14(10-7-6-9(20)8-12(10)21)15-16(26-17)11-4-2-3-5-13(11)25-18(15)22/h2-8,14,17H,1H3/t14-,17-/m1/s1. The van der Waals surface area contributed by atoms with Crippen LogP contribution in [0.15, 0.2) is 51.7 Å². The maximum Gasteiger partial charge on any atom is 0.348 e. The molecule has 0 saturated carbocycles. The van der Waals surface area contributed by atoms with E-state index < -0.39 is 23.6 Å². The highest BCUT2D eigenvalue weighted by molar-refractivity contribution is 6.35. The summed E-state index contributed by atoms with van der Waals surface area (Å²) in [5, 5.41) is 1.36.